The minimum absolute atomic E-state index is 0.0981. The molecule has 3 unspecified atom stereocenters. The predicted molar refractivity (Wildman–Crippen MR) is 116 cm³/mol. The van der Waals surface area contributed by atoms with Gasteiger partial charge in [-0.3, -0.25) is 4.21 Å². The summed E-state index contributed by atoms with van der Waals surface area (Å²) in [5, 5.41) is 0. The molecule has 0 spiro atoms. The van der Waals surface area contributed by atoms with Crippen LogP contribution in [0.5, 0.6) is 0 Å². The van der Waals surface area contributed by atoms with Crippen molar-refractivity contribution in [1.29, 1.82) is 0 Å². The molecule has 0 N–H and O–H groups in total. The van der Waals surface area contributed by atoms with Crippen molar-refractivity contribution in [3.8, 4) is 0 Å². The van der Waals surface area contributed by atoms with E-state index in [0.717, 1.165) is 35.5 Å². The Hall–Kier alpha value is -2.26. The predicted octanol–water partition coefficient (Wildman–Crippen LogP) is 4.32. The lowest BCUT2D eigenvalue weighted by Crippen LogP contribution is -2.16. The minimum Gasteiger partial charge on any atom is -0.772 e. The van der Waals surface area contributed by atoms with E-state index in [1.54, 1.807) is 4.57 Å². The molecule has 0 saturated heterocycles. The lowest BCUT2D eigenvalue weighted by Gasteiger charge is -2.23. The highest BCUT2D eigenvalue weighted by atomic mass is 32.2. The highest BCUT2D eigenvalue weighted by molar-refractivity contribution is 7.79. The first-order chi connectivity index (χ1) is 14.9. The van der Waals surface area contributed by atoms with E-state index < -0.39 is 17.0 Å². The second-order valence-electron chi connectivity index (χ2n) is 8.11. The van der Waals surface area contributed by atoms with Gasteiger partial charge >= 0.3 is 0 Å². The summed E-state index contributed by atoms with van der Waals surface area (Å²) in [6.45, 7) is 8.54. The number of allylic oxidation sites excluding steroid dienone is 4. The number of fused-ring (bicyclic) bond motifs is 1. The van der Waals surface area contributed by atoms with Gasteiger partial charge in [0.15, 0.2) is 17.5 Å². The number of nitrogens with zero attached hydrogens (tertiary/aromatic N) is 3. The Morgan fingerprint density at radius 2 is 2.06 bits per heavy atom. The summed E-state index contributed by atoms with van der Waals surface area (Å²) < 4.78 is 50.2. The zero-order valence-corrected chi connectivity index (χ0v) is 18.7. The molecule has 3 atom stereocenters. The van der Waals surface area contributed by atoms with E-state index in [4.69, 9.17) is 14.5 Å². The second kappa shape index (κ2) is 9.08. The van der Waals surface area contributed by atoms with Gasteiger partial charge in [-0.25, -0.2) is 9.98 Å². The maximum atomic E-state index is 14.8. The van der Waals surface area contributed by atoms with E-state index in [0.29, 0.717) is 36.6 Å². The minimum atomic E-state index is -2.23. The molecule has 7 nitrogen and oxygen atoms in total. The molecule has 0 fully saturated rings. The smallest absolute Gasteiger partial charge is 0.230 e. The third-order valence-corrected chi connectivity index (χ3v) is 6.74. The van der Waals surface area contributed by atoms with Crippen LogP contribution in [0.4, 0.5) is 10.2 Å². The van der Waals surface area contributed by atoms with Crippen LogP contribution in [-0.4, -0.2) is 36.8 Å². The quantitative estimate of drug-likeness (QED) is 0.580. The van der Waals surface area contributed by atoms with E-state index in [9.17, 15) is 13.2 Å². The summed E-state index contributed by atoms with van der Waals surface area (Å²) in [6.07, 6.45) is 5.25. The van der Waals surface area contributed by atoms with Crippen LogP contribution < -0.4 is 0 Å². The average Bonchev–Trinajstić information content (AvgIpc) is 3.30. The maximum Gasteiger partial charge on any atom is 0.230 e. The molecule has 3 heterocycles. The molecule has 3 aliphatic rings. The Labute approximate surface area is 184 Å². The van der Waals surface area contributed by atoms with Crippen molar-refractivity contribution in [2.45, 2.75) is 52.5 Å². The number of hydrogen-bond acceptors (Lipinski definition) is 6. The molecule has 0 aromatic carbocycles. The van der Waals surface area contributed by atoms with Gasteiger partial charge in [0, 0.05) is 31.1 Å². The Balaban J connectivity index is 1.75. The standard InChI is InChI=1S/C22H28FN3O4S/c1-4-14-9-17-18(30-12-29-17)10-16(14)11-19-24-20-13(3)8-15(5-2)21(23)25-22(20)26(19)6-7-31(27)28/h10,14-15H,3-9,11-12H2,1-2H3,(H,27,28)/p-1. The summed E-state index contributed by atoms with van der Waals surface area (Å²) in [4.78, 5) is 9.02. The Morgan fingerprint density at radius 3 is 2.77 bits per heavy atom. The number of imidazole rings is 1. The van der Waals surface area contributed by atoms with Crippen molar-refractivity contribution in [3.05, 3.63) is 41.3 Å². The summed E-state index contributed by atoms with van der Waals surface area (Å²) in [6, 6.07) is 0. The molecule has 31 heavy (non-hydrogen) atoms. The number of aromatic nitrogens is 2. The van der Waals surface area contributed by atoms with Crippen molar-refractivity contribution in [2.24, 2.45) is 16.8 Å². The summed E-state index contributed by atoms with van der Waals surface area (Å²) in [5.41, 5.74) is 2.42. The molecule has 4 rings (SSSR count). The van der Waals surface area contributed by atoms with Crippen molar-refractivity contribution in [2.75, 3.05) is 12.5 Å². The number of aliphatic imine (C=N–C) groups is 1. The maximum absolute atomic E-state index is 14.8. The molecule has 0 saturated carbocycles. The van der Waals surface area contributed by atoms with E-state index in [2.05, 4.69) is 18.5 Å². The normalized spacial score (nSPS) is 23.9. The highest BCUT2D eigenvalue weighted by Crippen LogP contribution is 2.40. The summed E-state index contributed by atoms with van der Waals surface area (Å²) in [7, 11) is 0. The fraction of sp³-hybridized carbons (Fsp3) is 0.545. The summed E-state index contributed by atoms with van der Waals surface area (Å²) >= 11 is -2.23. The second-order valence-corrected chi connectivity index (χ2v) is 9.12. The third kappa shape index (κ3) is 4.39. The fourth-order valence-corrected chi connectivity index (χ4v) is 4.71. The van der Waals surface area contributed by atoms with E-state index in [1.165, 1.54) is 0 Å². The van der Waals surface area contributed by atoms with Crippen LogP contribution in [0.3, 0.4) is 0 Å². The largest absolute Gasteiger partial charge is 0.772 e. The fourth-order valence-electron chi connectivity index (χ4n) is 4.38. The Morgan fingerprint density at radius 1 is 1.29 bits per heavy atom. The molecular weight excluding hydrogens is 421 g/mol. The van der Waals surface area contributed by atoms with E-state index >= 15 is 0 Å². The number of rotatable bonds is 7. The van der Waals surface area contributed by atoms with Gasteiger partial charge in [0.1, 0.15) is 17.3 Å². The van der Waals surface area contributed by atoms with Crippen LogP contribution in [0, 0.1) is 11.8 Å². The van der Waals surface area contributed by atoms with Crippen LogP contribution in [0.1, 0.15) is 51.0 Å². The SMILES string of the molecule is C=C1CC(CC)C(F)=Nc2c1nc(CC1=CC3=C(CC1CC)OCO3)n2CCS(=O)[O-]. The molecule has 0 bridgehead atoms. The monoisotopic (exact) mass is 448 g/mol. The average molecular weight is 449 g/mol. The molecule has 0 radical (unpaired) electrons. The molecule has 168 valence electrons. The van der Waals surface area contributed by atoms with Gasteiger partial charge < -0.3 is 18.6 Å². The highest BCUT2D eigenvalue weighted by Gasteiger charge is 2.31. The molecule has 9 heteroatoms. The lowest BCUT2D eigenvalue weighted by molar-refractivity contribution is 0.0717. The molecule has 1 aromatic rings. The lowest BCUT2D eigenvalue weighted by atomic mass is 9.85. The van der Waals surface area contributed by atoms with Gasteiger partial charge in [-0.15, -0.1) is 0 Å². The van der Waals surface area contributed by atoms with E-state index in [1.807, 2.05) is 13.0 Å². The Bertz CT molecular complexity index is 1010. The molecule has 0 amide bonds. The van der Waals surface area contributed by atoms with Crippen molar-refractivity contribution >= 4 is 28.4 Å². The number of ether oxygens (including phenoxy) is 2. The number of hydrogen-bond donors (Lipinski definition) is 0. The zero-order valence-electron chi connectivity index (χ0n) is 17.9. The van der Waals surface area contributed by atoms with Crippen LogP contribution >= 0.6 is 0 Å². The van der Waals surface area contributed by atoms with Crippen molar-refractivity contribution < 1.29 is 22.6 Å². The molecule has 1 aliphatic carbocycles. The Kier molecular flexibility index (Phi) is 6.43. The molecular formula is C22H27FN3O4S-. The van der Waals surface area contributed by atoms with Gasteiger partial charge in [-0.1, -0.05) is 37.1 Å². The van der Waals surface area contributed by atoms with Crippen LogP contribution in [0.25, 0.3) is 5.57 Å². The molecule has 1 aromatic heterocycles. The topological polar surface area (TPSA) is 88.8 Å². The van der Waals surface area contributed by atoms with Crippen LogP contribution in [0.15, 0.2) is 34.7 Å². The van der Waals surface area contributed by atoms with Crippen LogP contribution in [0.2, 0.25) is 0 Å². The van der Waals surface area contributed by atoms with Crippen LogP contribution in [-0.2, 0) is 33.5 Å². The van der Waals surface area contributed by atoms with Gasteiger partial charge in [0.25, 0.3) is 0 Å². The summed E-state index contributed by atoms with van der Waals surface area (Å²) in [5.74, 6) is 2.04. The third-order valence-electron chi connectivity index (χ3n) is 6.22. The first-order valence-electron chi connectivity index (χ1n) is 10.7. The van der Waals surface area contributed by atoms with Crippen molar-refractivity contribution in [1.82, 2.24) is 9.55 Å². The van der Waals surface area contributed by atoms with E-state index in [-0.39, 0.29) is 30.9 Å². The zero-order chi connectivity index (χ0) is 22.1. The first-order valence-corrected chi connectivity index (χ1v) is 11.9. The number of halogens is 1. The van der Waals surface area contributed by atoms with Crippen molar-refractivity contribution in [3.63, 3.8) is 0 Å². The van der Waals surface area contributed by atoms with Gasteiger partial charge in [-0.2, -0.15) is 4.39 Å². The first kappa shape index (κ1) is 22.0. The molecule has 2 aliphatic heterocycles. The van der Waals surface area contributed by atoms with Gasteiger partial charge in [0.05, 0.1) is 0 Å². The van der Waals surface area contributed by atoms with Gasteiger partial charge in [-0.05, 0) is 36.8 Å². The van der Waals surface area contributed by atoms with Gasteiger partial charge in [0.2, 0.25) is 6.79 Å².